The van der Waals surface area contributed by atoms with Crippen molar-refractivity contribution in [2.24, 2.45) is 0 Å². The quantitative estimate of drug-likeness (QED) is 0.258. The second-order valence-corrected chi connectivity index (χ2v) is 8.37. The highest BCUT2D eigenvalue weighted by molar-refractivity contribution is 7.98. The van der Waals surface area contributed by atoms with E-state index in [9.17, 15) is 5.21 Å². The van der Waals surface area contributed by atoms with Gasteiger partial charge in [0.1, 0.15) is 6.10 Å². The number of ether oxygens (including phenoxy) is 3. The minimum atomic E-state index is -0.616. The number of nitrogens with zero attached hydrogens (tertiary/aromatic N) is 7. The molecule has 0 saturated heterocycles. The maximum absolute atomic E-state index is 10.7. The first-order chi connectivity index (χ1) is 16.5. The fourth-order valence-electron chi connectivity index (χ4n) is 3.25. The Morgan fingerprint density at radius 3 is 2.44 bits per heavy atom. The van der Waals surface area contributed by atoms with Gasteiger partial charge in [0.05, 0.1) is 42.5 Å². The Hall–Kier alpha value is -2.39. The Kier molecular flexibility index (Phi) is 9.95. The second-order valence-electron chi connectivity index (χ2n) is 7.18. The highest BCUT2D eigenvalue weighted by atomic mass is 35.5. The van der Waals surface area contributed by atoms with E-state index in [4.69, 9.17) is 25.8 Å². The van der Waals surface area contributed by atoms with Gasteiger partial charge in [0.2, 0.25) is 5.95 Å². The molecule has 14 heteroatoms. The lowest BCUT2D eigenvalue weighted by Gasteiger charge is -2.27. The Morgan fingerprint density at radius 1 is 1.15 bits per heavy atom. The van der Waals surface area contributed by atoms with Crippen LogP contribution in [0.25, 0.3) is 11.4 Å². The van der Waals surface area contributed by atoms with E-state index in [1.54, 1.807) is 33.5 Å². The molecule has 0 aromatic carbocycles. The third-order valence-electron chi connectivity index (χ3n) is 4.86. The first-order valence-corrected chi connectivity index (χ1v) is 11.4. The van der Waals surface area contributed by atoms with Crippen molar-refractivity contribution in [2.75, 3.05) is 39.3 Å². The number of halogens is 1. The van der Waals surface area contributed by atoms with Crippen molar-refractivity contribution in [3.8, 4) is 11.4 Å². The van der Waals surface area contributed by atoms with Crippen LogP contribution >= 0.6 is 23.7 Å². The summed E-state index contributed by atoms with van der Waals surface area (Å²) in [4.78, 5) is 12.6. The maximum Gasteiger partial charge on any atom is 0.236 e. The van der Waals surface area contributed by atoms with Crippen molar-refractivity contribution in [3.63, 3.8) is 0 Å². The summed E-state index contributed by atoms with van der Waals surface area (Å²) in [6.07, 6.45) is 5.72. The first-order valence-electron chi connectivity index (χ1n) is 10.2. The lowest BCUT2D eigenvalue weighted by molar-refractivity contribution is -0.0760. The lowest BCUT2D eigenvalue weighted by Crippen LogP contribution is -2.33. The van der Waals surface area contributed by atoms with E-state index in [1.165, 1.54) is 19.5 Å². The third kappa shape index (κ3) is 6.39. The van der Waals surface area contributed by atoms with E-state index in [0.717, 1.165) is 22.2 Å². The van der Waals surface area contributed by atoms with Crippen LogP contribution in [0.4, 0.5) is 5.95 Å². The first kappa shape index (κ1) is 26.2. The zero-order valence-corrected chi connectivity index (χ0v) is 20.8. The number of anilines is 1. The number of rotatable bonds is 13. The number of nitrogens with one attached hydrogen (secondary N) is 1. The molecule has 2 N–H and O–H groups in total. The monoisotopic (exact) mass is 510 g/mol. The van der Waals surface area contributed by atoms with E-state index in [2.05, 4.69) is 29.9 Å². The van der Waals surface area contributed by atoms with Crippen LogP contribution < -0.4 is 4.72 Å². The second kappa shape index (κ2) is 12.9. The van der Waals surface area contributed by atoms with Crippen molar-refractivity contribution in [1.82, 2.24) is 34.2 Å². The summed E-state index contributed by atoms with van der Waals surface area (Å²) in [5.41, 5.74) is 0.777. The van der Waals surface area contributed by atoms with Crippen LogP contribution in [-0.4, -0.2) is 80.0 Å². The molecule has 34 heavy (non-hydrogen) atoms. The normalized spacial score (nSPS) is 13.4. The molecule has 0 bridgehead atoms. The summed E-state index contributed by atoms with van der Waals surface area (Å²) in [6.45, 7) is 2.49. The average Bonchev–Trinajstić information content (AvgIpc) is 3.28. The van der Waals surface area contributed by atoms with E-state index in [0.29, 0.717) is 35.8 Å². The minimum Gasteiger partial charge on any atom is -0.382 e. The van der Waals surface area contributed by atoms with Crippen molar-refractivity contribution in [1.29, 1.82) is 0 Å². The molecule has 12 nitrogen and oxygen atoms in total. The van der Waals surface area contributed by atoms with Crippen LogP contribution in [0.2, 0.25) is 5.02 Å². The van der Waals surface area contributed by atoms with Gasteiger partial charge in [0, 0.05) is 51.7 Å². The third-order valence-corrected chi connectivity index (χ3v) is 5.85. The molecule has 0 aliphatic rings. The molecular weight excluding hydrogens is 484 g/mol. The van der Waals surface area contributed by atoms with Crippen LogP contribution in [0.15, 0.2) is 36.9 Å². The molecule has 0 spiro atoms. The topological polar surface area (TPSA) is 133 Å². The molecule has 0 aliphatic carbocycles. The van der Waals surface area contributed by atoms with Crippen LogP contribution in [-0.2, 0) is 14.2 Å². The molecule has 2 atom stereocenters. The van der Waals surface area contributed by atoms with Gasteiger partial charge in [-0.2, -0.15) is 0 Å². The van der Waals surface area contributed by atoms with Crippen molar-refractivity contribution >= 4 is 29.7 Å². The molecule has 3 heterocycles. The molecule has 0 aliphatic heterocycles. The van der Waals surface area contributed by atoms with Gasteiger partial charge in [-0.3, -0.25) is 14.3 Å². The van der Waals surface area contributed by atoms with Gasteiger partial charge >= 0.3 is 0 Å². The zero-order chi connectivity index (χ0) is 24.5. The van der Waals surface area contributed by atoms with Gasteiger partial charge in [-0.25, -0.2) is 9.97 Å². The van der Waals surface area contributed by atoms with Crippen LogP contribution in [0.1, 0.15) is 24.9 Å². The molecule has 3 aromatic heterocycles. The number of hydrogen-bond donors (Lipinski definition) is 2. The number of methoxy groups -OCH3 is 3. The standard InChI is InChI=1S/C20H27ClN8O4S/c1-13(17(33-4)18-23-9-15(21)10-24-18)29(30)34-27-20-26-25-19(14-6-5-7-22-8-14)28(20)16(11-31-2)12-32-3/h5-10,13,16-17,30H,11-12H2,1-4H3,(H,26,27). The molecule has 0 amide bonds. The Morgan fingerprint density at radius 2 is 1.85 bits per heavy atom. The van der Waals surface area contributed by atoms with Gasteiger partial charge in [-0.1, -0.05) is 11.6 Å². The van der Waals surface area contributed by atoms with Crippen molar-refractivity contribution < 1.29 is 19.4 Å². The minimum absolute atomic E-state index is 0.234. The smallest absolute Gasteiger partial charge is 0.236 e. The predicted octanol–water partition coefficient (Wildman–Crippen LogP) is 3.06. The molecular formula is C20H27ClN8O4S. The zero-order valence-electron chi connectivity index (χ0n) is 19.2. The molecule has 0 radical (unpaired) electrons. The van der Waals surface area contributed by atoms with Crippen LogP contribution in [0.5, 0.6) is 0 Å². The molecule has 2 unspecified atom stereocenters. The molecule has 184 valence electrons. The van der Waals surface area contributed by atoms with Crippen molar-refractivity contribution in [2.45, 2.75) is 25.1 Å². The number of aromatic nitrogens is 6. The van der Waals surface area contributed by atoms with Gasteiger partial charge in [0.25, 0.3) is 0 Å². The van der Waals surface area contributed by atoms with E-state index in [1.807, 2.05) is 16.7 Å². The number of pyridine rings is 1. The lowest BCUT2D eigenvalue weighted by atomic mass is 10.2. The average molecular weight is 511 g/mol. The Bertz CT molecular complexity index is 1010. The summed E-state index contributed by atoms with van der Waals surface area (Å²) < 4.78 is 22.2. The number of hydroxylamine groups is 1. The Labute approximate surface area is 206 Å². The summed E-state index contributed by atoms with van der Waals surface area (Å²) in [6, 6.07) is 2.93. The Balaban J connectivity index is 1.81. The van der Waals surface area contributed by atoms with Crippen LogP contribution in [0, 0.1) is 0 Å². The van der Waals surface area contributed by atoms with Gasteiger partial charge in [0.15, 0.2) is 11.6 Å². The van der Waals surface area contributed by atoms with Gasteiger partial charge in [-0.05, 0) is 19.1 Å². The fourth-order valence-corrected chi connectivity index (χ4v) is 3.94. The predicted molar refractivity (Wildman–Crippen MR) is 127 cm³/mol. The highest BCUT2D eigenvalue weighted by Gasteiger charge is 2.29. The summed E-state index contributed by atoms with van der Waals surface area (Å²) in [7, 11) is 4.74. The van der Waals surface area contributed by atoms with Gasteiger partial charge < -0.3 is 19.4 Å². The summed E-state index contributed by atoms with van der Waals surface area (Å²) in [5.74, 6) is 1.37. The molecule has 3 rings (SSSR count). The fraction of sp³-hybridized carbons (Fsp3) is 0.450. The van der Waals surface area contributed by atoms with E-state index >= 15 is 0 Å². The highest BCUT2D eigenvalue weighted by Crippen LogP contribution is 2.29. The maximum atomic E-state index is 10.7. The van der Waals surface area contributed by atoms with E-state index in [-0.39, 0.29) is 6.04 Å². The SMILES string of the molecule is COCC(COC)n1c(NSN(O)C(C)C(OC)c2ncc(Cl)cn2)nnc1-c1cccnc1. The number of hydrogen-bond acceptors (Lipinski definition) is 12. The van der Waals surface area contributed by atoms with Crippen molar-refractivity contribution in [3.05, 3.63) is 47.8 Å². The largest absolute Gasteiger partial charge is 0.382 e. The molecule has 3 aromatic rings. The summed E-state index contributed by atoms with van der Waals surface area (Å²) in [5, 5.41) is 19.7. The molecule has 0 fully saturated rings. The summed E-state index contributed by atoms with van der Waals surface area (Å²) >= 11 is 6.79. The van der Waals surface area contributed by atoms with Gasteiger partial charge in [-0.15, -0.1) is 14.7 Å². The van der Waals surface area contributed by atoms with Crippen LogP contribution in [0.3, 0.4) is 0 Å². The molecule has 0 saturated carbocycles. The van der Waals surface area contributed by atoms with E-state index < -0.39 is 12.1 Å².